The summed E-state index contributed by atoms with van der Waals surface area (Å²) in [5.74, 6) is 4.05. The second-order valence-corrected chi connectivity index (χ2v) is 7.52. The van der Waals surface area contributed by atoms with Gasteiger partial charge in [0.05, 0.1) is 11.9 Å². The van der Waals surface area contributed by atoms with E-state index in [2.05, 4.69) is 15.3 Å². The molecular formula is C13H20N4OS2. The van der Waals surface area contributed by atoms with E-state index in [0.29, 0.717) is 23.3 Å². The van der Waals surface area contributed by atoms with Crippen molar-refractivity contribution in [1.82, 2.24) is 15.3 Å². The summed E-state index contributed by atoms with van der Waals surface area (Å²) >= 11 is 3.85. The van der Waals surface area contributed by atoms with Gasteiger partial charge in [0.1, 0.15) is 5.82 Å². The maximum Gasteiger partial charge on any atom is 0.272 e. The predicted octanol–water partition coefficient (Wildman–Crippen LogP) is 1.76. The molecule has 0 bridgehead atoms. The fourth-order valence-corrected chi connectivity index (χ4v) is 4.42. The molecule has 1 aromatic rings. The van der Waals surface area contributed by atoms with E-state index in [1.807, 2.05) is 37.4 Å². The molecule has 1 aliphatic heterocycles. The predicted molar refractivity (Wildman–Crippen MR) is 86.4 cm³/mol. The van der Waals surface area contributed by atoms with Crippen molar-refractivity contribution in [2.75, 3.05) is 29.5 Å². The maximum atomic E-state index is 12.2. The average Bonchev–Trinajstić information content (AvgIpc) is 2.46. The highest BCUT2D eigenvalue weighted by molar-refractivity contribution is 8.06. The fourth-order valence-electron chi connectivity index (χ4n) is 1.81. The third-order valence-corrected chi connectivity index (χ3v) is 5.79. The summed E-state index contributed by atoms with van der Waals surface area (Å²) in [6.07, 6.45) is 1.52. The topological polar surface area (TPSA) is 80.9 Å². The van der Waals surface area contributed by atoms with Crippen LogP contribution in [0.5, 0.6) is 0 Å². The minimum atomic E-state index is -0.206. The van der Waals surface area contributed by atoms with Gasteiger partial charge in [-0.2, -0.15) is 23.5 Å². The molecule has 5 nitrogen and oxygen atoms in total. The van der Waals surface area contributed by atoms with Crippen molar-refractivity contribution in [3.05, 3.63) is 17.7 Å². The van der Waals surface area contributed by atoms with Gasteiger partial charge in [0.15, 0.2) is 5.69 Å². The lowest BCUT2D eigenvalue weighted by Crippen LogP contribution is -2.34. The molecule has 2 rings (SSSR count). The summed E-state index contributed by atoms with van der Waals surface area (Å²) in [6.45, 7) is 4.64. The Morgan fingerprint density at radius 1 is 1.55 bits per heavy atom. The number of amides is 1. The van der Waals surface area contributed by atoms with Crippen LogP contribution in [0.3, 0.4) is 0 Å². The van der Waals surface area contributed by atoms with Crippen molar-refractivity contribution in [2.24, 2.45) is 0 Å². The number of anilines is 1. The minimum absolute atomic E-state index is 0.174. The number of hydrogen-bond acceptors (Lipinski definition) is 6. The van der Waals surface area contributed by atoms with Crippen molar-refractivity contribution in [3.8, 4) is 0 Å². The largest absolute Gasteiger partial charge is 0.396 e. The number of carbonyl (C=O) groups is 1. The first-order valence-electron chi connectivity index (χ1n) is 6.68. The van der Waals surface area contributed by atoms with Crippen LogP contribution in [-0.2, 0) is 0 Å². The van der Waals surface area contributed by atoms with Crippen LogP contribution in [-0.4, -0.2) is 44.9 Å². The van der Waals surface area contributed by atoms with Crippen LogP contribution < -0.4 is 11.1 Å². The fraction of sp³-hybridized carbons (Fsp3) is 0.615. The Kier molecular flexibility index (Phi) is 5.54. The Labute approximate surface area is 127 Å². The van der Waals surface area contributed by atoms with Crippen LogP contribution in [0.25, 0.3) is 0 Å². The van der Waals surface area contributed by atoms with Gasteiger partial charge in [-0.25, -0.2) is 9.97 Å². The maximum absolute atomic E-state index is 12.2. The number of nitrogen functional groups attached to an aromatic ring is 1. The molecule has 1 aromatic heterocycles. The second kappa shape index (κ2) is 7.17. The summed E-state index contributed by atoms with van der Waals surface area (Å²) in [5, 5.41) is 3.41. The van der Waals surface area contributed by atoms with Crippen molar-refractivity contribution < 1.29 is 4.79 Å². The first kappa shape index (κ1) is 15.4. The molecule has 1 amide bonds. The van der Waals surface area contributed by atoms with Crippen molar-refractivity contribution in [3.63, 3.8) is 0 Å². The first-order valence-corrected chi connectivity index (χ1v) is 8.88. The molecular weight excluding hydrogens is 292 g/mol. The van der Waals surface area contributed by atoms with Gasteiger partial charge in [0, 0.05) is 35.0 Å². The lowest BCUT2D eigenvalue weighted by Gasteiger charge is -2.21. The van der Waals surface area contributed by atoms with E-state index in [0.717, 1.165) is 11.5 Å². The second-order valence-electron chi connectivity index (χ2n) is 4.96. The van der Waals surface area contributed by atoms with E-state index >= 15 is 0 Å². The van der Waals surface area contributed by atoms with E-state index in [4.69, 9.17) is 5.73 Å². The number of aromatic nitrogens is 2. The van der Waals surface area contributed by atoms with Gasteiger partial charge >= 0.3 is 0 Å². The van der Waals surface area contributed by atoms with Gasteiger partial charge in [0.2, 0.25) is 0 Å². The van der Waals surface area contributed by atoms with Crippen LogP contribution in [0, 0.1) is 0 Å². The summed E-state index contributed by atoms with van der Waals surface area (Å²) in [5.41, 5.74) is 6.42. The molecule has 1 fully saturated rings. The number of nitrogens with two attached hydrogens (primary N) is 1. The number of hydrogen-bond donors (Lipinski definition) is 2. The van der Waals surface area contributed by atoms with Crippen LogP contribution >= 0.6 is 23.5 Å². The number of nitrogens with zero attached hydrogens (tertiary/aromatic N) is 2. The third kappa shape index (κ3) is 4.02. The molecule has 20 heavy (non-hydrogen) atoms. The molecule has 1 atom stereocenters. The summed E-state index contributed by atoms with van der Waals surface area (Å²) in [6, 6.07) is 0. The van der Waals surface area contributed by atoms with Crippen molar-refractivity contribution >= 4 is 35.1 Å². The van der Waals surface area contributed by atoms with Gasteiger partial charge in [-0.1, -0.05) is 13.8 Å². The molecule has 0 aromatic carbocycles. The van der Waals surface area contributed by atoms with Crippen LogP contribution in [0.15, 0.2) is 6.20 Å². The zero-order chi connectivity index (χ0) is 14.5. The summed E-state index contributed by atoms with van der Waals surface area (Å²) in [4.78, 5) is 20.6. The van der Waals surface area contributed by atoms with Gasteiger partial charge < -0.3 is 11.1 Å². The lowest BCUT2D eigenvalue weighted by molar-refractivity contribution is 0.0949. The first-order chi connectivity index (χ1) is 9.58. The van der Waals surface area contributed by atoms with Gasteiger partial charge in [-0.15, -0.1) is 0 Å². The molecule has 0 radical (unpaired) electrons. The molecule has 0 aliphatic carbocycles. The Morgan fingerprint density at radius 2 is 2.35 bits per heavy atom. The summed E-state index contributed by atoms with van der Waals surface area (Å²) in [7, 11) is 0. The Bertz CT molecular complexity index is 475. The van der Waals surface area contributed by atoms with Crippen molar-refractivity contribution in [2.45, 2.75) is 25.0 Å². The zero-order valence-electron chi connectivity index (χ0n) is 11.8. The summed E-state index contributed by atoms with van der Waals surface area (Å²) < 4.78 is 0. The highest BCUT2D eigenvalue weighted by atomic mass is 32.2. The minimum Gasteiger partial charge on any atom is -0.396 e. The van der Waals surface area contributed by atoms with Crippen LogP contribution in [0.1, 0.15) is 36.1 Å². The van der Waals surface area contributed by atoms with Gasteiger partial charge in [0.25, 0.3) is 5.91 Å². The number of nitrogens with one attached hydrogen (secondary N) is 1. The Morgan fingerprint density at radius 3 is 3.00 bits per heavy atom. The smallest absolute Gasteiger partial charge is 0.272 e. The Hall–Kier alpha value is -0.950. The SMILES string of the molecule is CC(C)c1ncc(N)c(C(=O)NCC2CSCCS2)n1. The highest BCUT2D eigenvalue weighted by Crippen LogP contribution is 2.23. The molecule has 7 heteroatoms. The zero-order valence-corrected chi connectivity index (χ0v) is 13.4. The van der Waals surface area contributed by atoms with Gasteiger partial charge in [-0.3, -0.25) is 4.79 Å². The molecule has 1 unspecified atom stereocenters. The quantitative estimate of drug-likeness (QED) is 0.882. The molecule has 0 spiro atoms. The van der Waals surface area contributed by atoms with Crippen molar-refractivity contribution in [1.29, 1.82) is 0 Å². The third-order valence-electron chi connectivity index (χ3n) is 2.94. The highest BCUT2D eigenvalue weighted by Gasteiger charge is 2.18. The average molecular weight is 312 g/mol. The van der Waals surface area contributed by atoms with Crippen LogP contribution in [0.4, 0.5) is 5.69 Å². The molecule has 1 aliphatic rings. The van der Waals surface area contributed by atoms with E-state index in [9.17, 15) is 4.79 Å². The van der Waals surface area contributed by atoms with Crippen LogP contribution in [0.2, 0.25) is 0 Å². The van der Waals surface area contributed by atoms with E-state index in [1.54, 1.807) is 0 Å². The normalized spacial score (nSPS) is 19.1. The molecule has 110 valence electrons. The monoisotopic (exact) mass is 312 g/mol. The number of thioether (sulfide) groups is 2. The molecule has 1 saturated heterocycles. The number of carbonyl (C=O) groups excluding carboxylic acids is 1. The standard InChI is InChI=1S/C13H20N4OS2/c1-8(2)12-15-6-10(14)11(17-12)13(18)16-5-9-7-19-3-4-20-9/h6,8-9H,3-5,7,14H2,1-2H3,(H,16,18). The van der Waals surface area contributed by atoms with E-state index < -0.39 is 0 Å². The van der Waals surface area contributed by atoms with E-state index in [-0.39, 0.29) is 17.5 Å². The Balaban J connectivity index is 1.99. The van der Waals surface area contributed by atoms with E-state index in [1.165, 1.54) is 11.9 Å². The molecule has 3 N–H and O–H groups in total. The van der Waals surface area contributed by atoms with Gasteiger partial charge in [-0.05, 0) is 0 Å². The molecule has 0 saturated carbocycles. The molecule has 2 heterocycles. The number of rotatable bonds is 4. The lowest BCUT2D eigenvalue weighted by atomic mass is 10.2.